The summed E-state index contributed by atoms with van der Waals surface area (Å²) in [6.07, 6.45) is 3.04. The van der Waals surface area contributed by atoms with Gasteiger partial charge in [-0.1, -0.05) is 59.8 Å². The van der Waals surface area contributed by atoms with Gasteiger partial charge in [-0.2, -0.15) is 8.78 Å². The molecule has 1 N–H and O–H groups in total. The van der Waals surface area contributed by atoms with Crippen molar-refractivity contribution in [3.63, 3.8) is 0 Å². The van der Waals surface area contributed by atoms with Crippen LogP contribution in [0.1, 0.15) is 84.4 Å². The van der Waals surface area contributed by atoms with Crippen molar-refractivity contribution in [2.75, 3.05) is 6.61 Å². The number of ether oxygens (including phenoxy) is 1. The number of benzene rings is 1. The molecule has 0 unspecified atom stereocenters. The Morgan fingerprint density at radius 1 is 1.09 bits per heavy atom. The highest BCUT2D eigenvalue weighted by Crippen LogP contribution is 2.46. The van der Waals surface area contributed by atoms with Crippen LogP contribution in [-0.4, -0.2) is 30.0 Å². The fraction of sp³-hybridized carbons (Fsp3) is 0.536. The van der Waals surface area contributed by atoms with Crippen LogP contribution in [0, 0.1) is 0 Å². The maximum atomic E-state index is 13.9. The van der Waals surface area contributed by atoms with Crippen molar-refractivity contribution >= 4 is 11.5 Å². The van der Waals surface area contributed by atoms with Gasteiger partial charge >= 0.3 is 18.3 Å². The quantitative estimate of drug-likeness (QED) is 0.225. The Morgan fingerprint density at radius 3 is 2.23 bits per heavy atom. The first-order valence-corrected chi connectivity index (χ1v) is 11.7. The predicted octanol–water partition coefficient (Wildman–Crippen LogP) is 8.09. The van der Waals surface area contributed by atoms with Crippen molar-refractivity contribution in [3.8, 4) is 5.75 Å². The summed E-state index contributed by atoms with van der Waals surface area (Å²) in [5.74, 6) is -5.12. The second-order valence-corrected chi connectivity index (χ2v) is 11.2. The molecule has 0 spiro atoms. The maximum Gasteiger partial charge on any atom is 0.340 e. The van der Waals surface area contributed by atoms with Gasteiger partial charge in [0, 0.05) is 17.2 Å². The first-order valence-electron chi connectivity index (χ1n) is 11.7. The smallest absolute Gasteiger partial charge is 0.340 e. The predicted molar refractivity (Wildman–Crippen MR) is 132 cm³/mol. The summed E-state index contributed by atoms with van der Waals surface area (Å²) < 4.78 is 59.1. The zero-order valence-corrected chi connectivity index (χ0v) is 21.6. The third-order valence-corrected chi connectivity index (χ3v) is 5.98. The lowest BCUT2D eigenvalue weighted by Gasteiger charge is -2.30. The summed E-state index contributed by atoms with van der Waals surface area (Å²) in [5, 5.41) is 8.97. The minimum atomic E-state index is -4.28. The Hall–Kier alpha value is -2.57. The van der Waals surface area contributed by atoms with E-state index in [0.29, 0.717) is 23.1 Å². The molecule has 3 nitrogen and oxygen atoms in total. The van der Waals surface area contributed by atoms with Crippen LogP contribution in [-0.2, 0) is 15.6 Å². The SMILES string of the molecule is CC(C=CC1=C(c2cc(C(C)(C)C)cc(C(C)(C)C)c2OCC(F)(F)C(F)F)CCC1)=CC(=O)O. The number of aliphatic carboxylic acids is 1. The fourth-order valence-electron chi connectivity index (χ4n) is 3.96. The normalized spacial score (nSPS) is 16.1. The van der Waals surface area contributed by atoms with Crippen LogP contribution >= 0.6 is 0 Å². The Labute approximate surface area is 205 Å². The van der Waals surface area contributed by atoms with E-state index in [9.17, 15) is 22.4 Å². The third kappa shape index (κ3) is 7.45. The zero-order valence-electron chi connectivity index (χ0n) is 21.6. The summed E-state index contributed by atoms with van der Waals surface area (Å²) in [5.41, 5.74) is 3.94. The molecule has 7 heteroatoms. The van der Waals surface area contributed by atoms with Gasteiger partial charge in [-0.25, -0.2) is 13.6 Å². The van der Waals surface area contributed by atoms with E-state index in [0.717, 1.165) is 35.6 Å². The van der Waals surface area contributed by atoms with Gasteiger partial charge in [-0.05, 0) is 65.4 Å². The Morgan fingerprint density at radius 2 is 1.71 bits per heavy atom. The molecule has 0 saturated heterocycles. The molecule has 1 aliphatic rings. The molecule has 0 radical (unpaired) electrons. The van der Waals surface area contributed by atoms with Crippen LogP contribution in [0.15, 0.2) is 41.5 Å². The number of halogens is 4. The monoisotopic (exact) mass is 496 g/mol. The molecule has 2 rings (SSSR count). The number of allylic oxidation sites excluding steroid dienone is 5. The molecule has 0 amide bonds. The van der Waals surface area contributed by atoms with Crippen LogP contribution in [0.3, 0.4) is 0 Å². The molecule has 1 aromatic carbocycles. The van der Waals surface area contributed by atoms with Gasteiger partial charge in [0.2, 0.25) is 0 Å². The molecule has 1 aliphatic carbocycles. The molecule has 194 valence electrons. The minimum Gasteiger partial charge on any atom is -0.486 e. The zero-order chi connectivity index (χ0) is 26.8. The third-order valence-electron chi connectivity index (χ3n) is 5.98. The van der Waals surface area contributed by atoms with Crippen molar-refractivity contribution in [1.29, 1.82) is 0 Å². The van der Waals surface area contributed by atoms with Crippen LogP contribution < -0.4 is 4.74 Å². The topological polar surface area (TPSA) is 46.5 Å². The van der Waals surface area contributed by atoms with Crippen molar-refractivity contribution in [3.05, 3.63) is 58.2 Å². The molecule has 0 heterocycles. The molecule has 0 aliphatic heterocycles. The lowest BCUT2D eigenvalue weighted by atomic mass is 9.77. The van der Waals surface area contributed by atoms with E-state index in [2.05, 4.69) is 0 Å². The fourth-order valence-corrected chi connectivity index (χ4v) is 3.96. The van der Waals surface area contributed by atoms with Crippen LogP contribution in [0.4, 0.5) is 17.6 Å². The number of hydrogen-bond acceptors (Lipinski definition) is 2. The molecule has 35 heavy (non-hydrogen) atoms. The van der Waals surface area contributed by atoms with Gasteiger partial charge < -0.3 is 9.84 Å². The van der Waals surface area contributed by atoms with Crippen LogP contribution in [0.2, 0.25) is 0 Å². The van der Waals surface area contributed by atoms with Gasteiger partial charge in [0.05, 0.1) is 0 Å². The second-order valence-electron chi connectivity index (χ2n) is 11.2. The van der Waals surface area contributed by atoms with E-state index in [4.69, 9.17) is 9.84 Å². The highest BCUT2D eigenvalue weighted by atomic mass is 19.3. The Bertz CT molecular complexity index is 1040. The molecule has 0 fully saturated rings. The Balaban J connectivity index is 2.77. The van der Waals surface area contributed by atoms with Crippen molar-refractivity contribution < 1.29 is 32.2 Å². The lowest BCUT2D eigenvalue weighted by Crippen LogP contribution is -2.34. The summed E-state index contributed by atoms with van der Waals surface area (Å²) in [6, 6.07) is 3.84. The van der Waals surface area contributed by atoms with Gasteiger partial charge in [-0.15, -0.1) is 0 Å². The van der Waals surface area contributed by atoms with Crippen molar-refractivity contribution in [2.45, 2.75) is 90.9 Å². The second kappa shape index (κ2) is 10.6. The van der Waals surface area contributed by atoms with E-state index >= 15 is 0 Å². The highest BCUT2D eigenvalue weighted by molar-refractivity contribution is 5.81. The van der Waals surface area contributed by atoms with Gasteiger partial charge in [-0.3, -0.25) is 0 Å². The highest BCUT2D eigenvalue weighted by Gasteiger charge is 2.42. The lowest BCUT2D eigenvalue weighted by molar-refractivity contribution is -0.148. The van der Waals surface area contributed by atoms with Crippen molar-refractivity contribution in [1.82, 2.24) is 0 Å². The number of carboxylic acid groups (broad SMARTS) is 1. The number of carbonyl (C=O) groups is 1. The maximum absolute atomic E-state index is 13.9. The van der Waals surface area contributed by atoms with Crippen LogP contribution in [0.5, 0.6) is 5.75 Å². The van der Waals surface area contributed by atoms with E-state index in [1.54, 1.807) is 13.0 Å². The first kappa shape index (κ1) is 28.7. The van der Waals surface area contributed by atoms with E-state index in [1.165, 1.54) is 0 Å². The summed E-state index contributed by atoms with van der Waals surface area (Å²) in [7, 11) is 0. The van der Waals surface area contributed by atoms with Crippen molar-refractivity contribution in [2.24, 2.45) is 0 Å². The largest absolute Gasteiger partial charge is 0.486 e. The molecular formula is C28H36F4O3. The number of alkyl halides is 4. The average Bonchev–Trinajstić information content (AvgIpc) is 3.16. The molecular weight excluding hydrogens is 460 g/mol. The Kier molecular flexibility index (Phi) is 8.67. The average molecular weight is 497 g/mol. The van der Waals surface area contributed by atoms with Crippen LogP contribution in [0.25, 0.3) is 5.57 Å². The summed E-state index contributed by atoms with van der Waals surface area (Å²) >= 11 is 0. The molecule has 1 aromatic rings. The summed E-state index contributed by atoms with van der Waals surface area (Å²) in [6.45, 7) is 12.2. The molecule has 0 atom stereocenters. The number of carboxylic acids is 1. The number of hydrogen-bond donors (Lipinski definition) is 1. The standard InChI is InChI=1S/C28H36F4O3/c1-17(13-23(33)34)11-12-18-9-8-10-20(18)21-14-19(26(2,3)4)15-22(27(5,6)7)24(21)35-16-28(31,32)25(29)30/h11-15,25H,8-10,16H2,1-7H3,(H,33,34). The first-order chi connectivity index (χ1) is 15.9. The van der Waals surface area contributed by atoms with E-state index in [-0.39, 0.29) is 11.2 Å². The number of rotatable bonds is 8. The van der Waals surface area contributed by atoms with Gasteiger partial charge in [0.1, 0.15) is 5.75 Å². The van der Waals surface area contributed by atoms with E-state index in [1.807, 2.05) is 59.8 Å². The molecule has 0 aromatic heterocycles. The minimum absolute atomic E-state index is 0.200. The van der Waals surface area contributed by atoms with E-state index < -0.39 is 30.3 Å². The molecule has 0 bridgehead atoms. The van der Waals surface area contributed by atoms with Gasteiger partial charge in [0.15, 0.2) is 6.61 Å². The summed E-state index contributed by atoms with van der Waals surface area (Å²) in [4.78, 5) is 10.9. The van der Waals surface area contributed by atoms with Gasteiger partial charge in [0.25, 0.3) is 0 Å². The molecule has 0 saturated carbocycles.